The van der Waals surface area contributed by atoms with Crippen LogP contribution in [-0.4, -0.2) is 23.1 Å². The Bertz CT molecular complexity index is 1100. The topological polar surface area (TPSA) is 105 Å². The molecule has 0 spiro atoms. The number of para-hydroxylation sites is 1. The highest BCUT2D eigenvalue weighted by atomic mass is 32.2. The summed E-state index contributed by atoms with van der Waals surface area (Å²) < 4.78 is 10.6. The van der Waals surface area contributed by atoms with Crippen LogP contribution in [0.1, 0.15) is 34.3 Å². The minimum absolute atomic E-state index is 0.328. The summed E-state index contributed by atoms with van der Waals surface area (Å²) >= 11 is 1.41. The number of anilines is 1. The summed E-state index contributed by atoms with van der Waals surface area (Å²) in [5.41, 5.74) is 1.84. The van der Waals surface area contributed by atoms with E-state index in [0.29, 0.717) is 33.2 Å². The lowest BCUT2D eigenvalue weighted by Crippen LogP contribution is -2.30. The van der Waals surface area contributed by atoms with E-state index in [9.17, 15) is 9.59 Å². The molecule has 0 saturated carbocycles. The highest BCUT2D eigenvalue weighted by Crippen LogP contribution is 2.27. The SMILES string of the molecule is Cc1cc(CSc2ccccc2C(=O)OC(C)C(=O)Nc2ccccc2C#N)on1. The van der Waals surface area contributed by atoms with E-state index in [2.05, 4.69) is 10.5 Å². The minimum Gasteiger partial charge on any atom is -0.449 e. The maximum atomic E-state index is 12.7. The first-order chi connectivity index (χ1) is 14.5. The molecule has 1 unspecified atom stereocenters. The van der Waals surface area contributed by atoms with Gasteiger partial charge in [-0.3, -0.25) is 4.79 Å². The van der Waals surface area contributed by atoms with Gasteiger partial charge in [0.1, 0.15) is 11.8 Å². The van der Waals surface area contributed by atoms with Crippen molar-refractivity contribution in [2.24, 2.45) is 0 Å². The van der Waals surface area contributed by atoms with Crippen LogP contribution in [0.2, 0.25) is 0 Å². The Labute approximate surface area is 178 Å². The number of hydrogen-bond acceptors (Lipinski definition) is 7. The quantitative estimate of drug-likeness (QED) is 0.447. The summed E-state index contributed by atoms with van der Waals surface area (Å²) in [6.07, 6.45) is -1.04. The Kier molecular flexibility index (Phi) is 6.88. The number of nitrogens with one attached hydrogen (secondary N) is 1. The fourth-order valence-electron chi connectivity index (χ4n) is 2.60. The van der Waals surface area contributed by atoms with E-state index in [1.165, 1.54) is 18.7 Å². The van der Waals surface area contributed by atoms with Crippen molar-refractivity contribution in [3.63, 3.8) is 0 Å². The van der Waals surface area contributed by atoms with Gasteiger partial charge in [-0.25, -0.2) is 4.79 Å². The fourth-order valence-corrected chi connectivity index (χ4v) is 3.51. The number of thioether (sulfide) groups is 1. The predicted molar refractivity (Wildman–Crippen MR) is 112 cm³/mol. The average Bonchev–Trinajstić information content (AvgIpc) is 3.17. The number of nitriles is 1. The van der Waals surface area contributed by atoms with E-state index in [4.69, 9.17) is 14.5 Å². The number of aryl methyl sites for hydroxylation is 1. The molecular weight excluding hydrogens is 402 g/mol. The number of esters is 1. The molecule has 3 aromatic rings. The van der Waals surface area contributed by atoms with Crippen LogP contribution in [0.3, 0.4) is 0 Å². The molecule has 2 aromatic carbocycles. The maximum Gasteiger partial charge on any atom is 0.340 e. The molecule has 0 aliphatic carbocycles. The normalized spacial score (nSPS) is 11.4. The molecule has 1 heterocycles. The van der Waals surface area contributed by atoms with Crippen LogP contribution in [0.25, 0.3) is 0 Å². The first-order valence-electron chi connectivity index (χ1n) is 9.13. The molecule has 0 saturated heterocycles. The van der Waals surface area contributed by atoms with Gasteiger partial charge in [0.2, 0.25) is 0 Å². The number of carbonyl (C=O) groups is 2. The van der Waals surface area contributed by atoms with Crippen molar-refractivity contribution in [2.45, 2.75) is 30.6 Å². The Morgan fingerprint density at radius 3 is 2.70 bits per heavy atom. The molecule has 1 amide bonds. The van der Waals surface area contributed by atoms with Crippen molar-refractivity contribution >= 4 is 29.3 Å². The van der Waals surface area contributed by atoms with E-state index >= 15 is 0 Å². The van der Waals surface area contributed by atoms with Gasteiger partial charge in [0.05, 0.1) is 28.3 Å². The summed E-state index contributed by atoms with van der Waals surface area (Å²) in [5.74, 6) is 0.0764. The highest BCUT2D eigenvalue weighted by molar-refractivity contribution is 7.98. The van der Waals surface area contributed by atoms with Crippen molar-refractivity contribution in [2.75, 3.05) is 5.32 Å². The lowest BCUT2D eigenvalue weighted by Gasteiger charge is -2.15. The van der Waals surface area contributed by atoms with Crippen molar-refractivity contribution in [3.8, 4) is 6.07 Å². The second-order valence-electron chi connectivity index (χ2n) is 6.41. The molecule has 3 rings (SSSR count). The highest BCUT2D eigenvalue weighted by Gasteiger charge is 2.22. The summed E-state index contributed by atoms with van der Waals surface area (Å²) in [7, 11) is 0. The maximum absolute atomic E-state index is 12.7. The van der Waals surface area contributed by atoms with Gasteiger partial charge in [-0.2, -0.15) is 5.26 Å². The van der Waals surface area contributed by atoms with Gasteiger partial charge in [-0.15, -0.1) is 11.8 Å². The second kappa shape index (κ2) is 9.76. The van der Waals surface area contributed by atoms with Crippen molar-refractivity contribution in [3.05, 3.63) is 77.2 Å². The van der Waals surface area contributed by atoms with E-state index in [0.717, 1.165) is 5.69 Å². The average molecular weight is 421 g/mol. The van der Waals surface area contributed by atoms with Gasteiger partial charge in [0.15, 0.2) is 6.10 Å². The van der Waals surface area contributed by atoms with Crippen LogP contribution >= 0.6 is 11.8 Å². The zero-order chi connectivity index (χ0) is 21.5. The number of carbonyl (C=O) groups excluding carboxylic acids is 2. The lowest BCUT2D eigenvalue weighted by atomic mass is 10.2. The number of rotatable bonds is 7. The number of benzene rings is 2. The molecule has 30 heavy (non-hydrogen) atoms. The van der Waals surface area contributed by atoms with Crippen LogP contribution in [0, 0.1) is 18.3 Å². The molecule has 152 valence electrons. The van der Waals surface area contributed by atoms with Crippen LogP contribution in [0.5, 0.6) is 0 Å². The van der Waals surface area contributed by atoms with E-state index in [-0.39, 0.29) is 0 Å². The Morgan fingerprint density at radius 2 is 1.97 bits per heavy atom. The van der Waals surface area contributed by atoms with Gasteiger partial charge in [-0.05, 0) is 38.1 Å². The third-order valence-electron chi connectivity index (χ3n) is 4.11. The molecule has 7 nitrogen and oxygen atoms in total. The summed E-state index contributed by atoms with van der Waals surface area (Å²) in [6, 6.07) is 17.4. The first-order valence-corrected chi connectivity index (χ1v) is 10.1. The summed E-state index contributed by atoms with van der Waals surface area (Å²) in [4.78, 5) is 25.8. The molecular formula is C22H19N3O4S. The number of aromatic nitrogens is 1. The Hall–Kier alpha value is -3.57. The smallest absolute Gasteiger partial charge is 0.340 e. The van der Waals surface area contributed by atoms with E-state index in [1.807, 2.05) is 25.1 Å². The molecule has 8 heteroatoms. The largest absolute Gasteiger partial charge is 0.449 e. The molecule has 0 radical (unpaired) electrons. The number of amides is 1. The van der Waals surface area contributed by atoms with Gasteiger partial charge >= 0.3 is 5.97 Å². The molecule has 1 N–H and O–H groups in total. The van der Waals surface area contributed by atoms with Crippen LogP contribution < -0.4 is 5.32 Å². The third kappa shape index (κ3) is 5.27. The molecule has 0 aliphatic rings. The Morgan fingerprint density at radius 1 is 1.23 bits per heavy atom. The summed E-state index contributed by atoms with van der Waals surface area (Å²) in [5, 5.41) is 15.6. The predicted octanol–water partition coefficient (Wildman–Crippen LogP) is 4.33. The monoisotopic (exact) mass is 421 g/mol. The molecule has 0 aliphatic heterocycles. The molecule has 1 atom stereocenters. The molecule has 1 aromatic heterocycles. The van der Waals surface area contributed by atoms with Crippen molar-refractivity contribution in [1.82, 2.24) is 5.16 Å². The zero-order valence-electron chi connectivity index (χ0n) is 16.4. The van der Waals surface area contributed by atoms with Gasteiger partial charge in [-0.1, -0.05) is 29.4 Å². The number of nitrogens with zero attached hydrogens (tertiary/aromatic N) is 2. The third-order valence-corrected chi connectivity index (χ3v) is 5.21. The van der Waals surface area contributed by atoms with Crippen LogP contribution in [0.4, 0.5) is 5.69 Å². The lowest BCUT2D eigenvalue weighted by molar-refractivity contribution is -0.123. The fraction of sp³-hybridized carbons (Fsp3) is 0.182. The molecule has 0 fully saturated rings. The van der Waals surface area contributed by atoms with Crippen molar-refractivity contribution in [1.29, 1.82) is 5.26 Å². The van der Waals surface area contributed by atoms with Gasteiger partial charge in [0.25, 0.3) is 5.91 Å². The Balaban J connectivity index is 1.65. The second-order valence-corrected chi connectivity index (χ2v) is 7.43. The first kappa shape index (κ1) is 21.1. The number of ether oxygens (including phenoxy) is 1. The zero-order valence-corrected chi connectivity index (χ0v) is 17.2. The van der Waals surface area contributed by atoms with Crippen LogP contribution in [0.15, 0.2) is 64.0 Å². The van der Waals surface area contributed by atoms with Gasteiger partial charge in [0, 0.05) is 11.0 Å². The van der Waals surface area contributed by atoms with Crippen molar-refractivity contribution < 1.29 is 18.8 Å². The van der Waals surface area contributed by atoms with Gasteiger partial charge < -0.3 is 14.6 Å². The molecule has 0 bridgehead atoms. The minimum atomic E-state index is -1.04. The summed E-state index contributed by atoms with van der Waals surface area (Å²) in [6.45, 7) is 3.32. The van der Waals surface area contributed by atoms with E-state index in [1.54, 1.807) is 42.5 Å². The number of hydrogen-bond donors (Lipinski definition) is 1. The van der Waals surface area contributed by atoms with E-state index < -0.39 is 18.0 Å². The standard InChI is InChI=1S/C22H19N3O4S/c1-14-11-17(29-25-14)13-30-20-10-6-4-8-18(20)22(27)28-15(2)21(26)24-19-9-5-3-7-16(19)12-23/h3-11,15H,13H2,1-2H3,(H,24,26). The van der Waals surface area contributed by atoms with Crippen LogP contribution in [-0.2, 0) is 15.3 Å².